The summed E-state index contributed by atoms with van der Waals surface area (Å²) in [7, 11) is 0. The van der Waals surface area contributed by atoms with Crippen molar-refractivity contribution in [3.8, 4) is 11.3 Å². The molecule has 0 bridgehead atoms. The van der Waals surface area contributed by atoms with Crippen LogP contribution in [0.4, 0.5) is 14.6 Å². The van der Waals surface area contributed by atoms with Crippen LogP contribution in [0.2, 0.25) is 0 Å². The van der Waals surface area contributed by atoms with Gasteiger partial charge in [-0.1, -0.05) is 12.1 Å². The van der Waals surface area contributed by atoms with E-state index in [9.17, 15) is 13.6 Å². The first kappa shape index (κ1) is 18.0. The third-order valence-electron chi connectivity index (χ3n) is 5.16. The Kier molecular flexibility index (Phi) is 4.50. The zero-order chi connectivity index (χ0) is 19.7. The lowest BCUT2D eigenvalue weighted by Crippen LogP contribution is -2.42. The van der Waals surface area contributed by atoms with Crippen molar-refractivity contribution in [1.29, 1.82) is 0 Å². The van der Waals surface area contributed by atoms with Crippen molar-refractivity contribution >= 4 is 11.7 Å². The Bertz CT molecular complexity index is 1020. The summed E-state index contributed by atoms with van der Waals surface area (Å²) < 4.78 is 27.4. The predicted octanol–water partition coefficient (Wildman–Crippen LogP) is 4.01. The van der Waals surface area contributed by atoms with Crippen LogP contribution in [0.25, 0.3) is 11.3 Å². The summed E-state index contributed by atoms with van der Waals surface area (Å²) in [5.41, 5.74) is 6.61. The van der Waals surface area contributed by atoms with Crippen molar-refractivity contribution in [3.05, 3.63) is 77.4 Å². The number of halogens is 2. The summed E-state index contributed by atoms with van der Waals surface area (Å²) in [4.78, 5) is 11.3. The van der Waals surface area contributed by atoms with Gasteiger partial charge in [0.1, 0.15) is 17.5 Å². The van der Waals surface area contributed by atoms with Gasteiger partial charge in [0.25, 0.3) is 0 Å². The molecule has 3 aromatic rings. The fraction of sp³-hybridized carbons (Fsp3) is 0.190. The second kappa shape index (κ2) is 6.99. The molecule has 3 N–H and O–H groups in total. The summed E-state index contributed by atoms with van der Waals surface area (Å²) in [6, 6.07) is 13.6. The standard InChI is InChI=1S/C21H18F2N4O/c22-15-5-3-14(4-6-15)21(10-1-11-21)25-19-9-8-18(26-27-19)16-12-13(20(24)28)2-7-17(16)23/h2-9,12H,1,10-11H2,(H2,24,28)(H,25,27). The summed E-state index contributed by atoms with van der Waals surface area (Å²) in [5.74, 6) is -0.887. The third-order valence-corrected chi connectivity index (χ3v) is 5.16. The number of carbonyl (C=O) groups is 1. The van der Waals surface area contributed by atoms with Crippen LogP contribution in [-0.2, 0) is 5.54 Å². The molecule has 0 spiro atoms. The lowest BCUT2D eigenvalue weighted by atomic mass is 9.72. The van der Waals surface area contributed by atoms with Crippen LogP contribution in [0.15, 0.2) is 54.6 Å². The first-order chi connectivity index (χ1) is 13.5. The van der Waals surface area contributed by atoms with Crippen LogP contribution < -0.4 is 11.1 Å². The molecule has 4 rings (SSSR count). The normalized spacial score (nSPS) is 14.9. The molecule has 1 fully saturated rings. The molecule has 1 aliphatic rings. The summed E-state index contributed by atoms with van der Waals surface area (Å²) >= 11 is 0. The Morgan fingerprint density at radius 1 is 1.00 bits per heavy atom. The number of aromatic nitrogens is 2. The number of nitrogens with zero attached hydrogens (tertiary/aromatic N) is 2. The first-order valence-electron chi connectivity index (χ1n) is 8.95. The van der Waals surface area contributed by atoms with Crippen molar-refractivity contribution in [2.75, 3.05) is 5.32 Å². The van der Waals surface area contributed by atoms with E-state index in [1.165, 1.54) is 30.3 Å². The average molecular weight is 380 g/mol. The van der Waals surface area contributed by atoms with E-state index in [0.717, 1.165) is 24.8 Å². The second-order valence-corrected chi connectivity index (χ2v) is 6.93. The Morgan fingerprint density at radius 2 is 1.75 bits per heavy atom. The minimum atomic E-state index is -0.640. The molecular formula is C21H18F2N4O. The van der Waals surface area contributed by atoms with Crippen LogP contribution in [-0.4, -0.2) is 16.1 Å². The molecule has 1 aromatic heterocycles. The van der Waals surface area contributed by atoms with Crippen LogP contribution >= 0.6 is 0 Å². The summed E-state index contributed by atoms with van der Waals surface area (Å²) in [6.45, 7) is 0. The van der Waals surface area contributed by atoms with Crippen LogP contribution in [0.5, 0.6) is 0 Å². The zero-order valence-corrected chi connectivity index (χ0v) is 15.0. The van der Waals surface area contributed by atoms with Crippen molar-refractivity contribution in [1.82, 2.24) is 10.2 Å². The lowest BCUT2D eigenvalue weighted by molar-refractivity contribution is 0.100. The Morgan fingerprint density at radius 3 is 2.32 bits per heavy atom. The highest BCUT2D eigenvalue weighted by atomic mass is 19.1. The van der Waals surface area contributed by atoms with Gasteiger partial charge in [-0.05, 0) is 67.3 Å². The SMILES string of the molecule is NC(=O)c1ccc(F)c(-c2ccc(NC3(c4ccc(F)cc4)CCC3)nn2)c1. The number of primary amides is 1. The van der Waals surface area contributed by atoms with Gasteiger partial charge in [-0.2, -0.15) is 0 Å². The number of carbonyl (C=O) groups excluding carboxylic acids is 1. The van der Waals surface area contributed by atoms with Gasteiger partial charge in [-0.15, -0.1) is 10.2 Å². The van der Waals surface area contributed by atoms with E-state index < -0.39 is 11.7 Å². The van der Waals surface area contributed by atoms with Crippen LogP contribution in [0, 0.1) is 11.6 Å². The van der Waals surface area contributed by atoms with E-state index in [2.05, 4.69) is 15.5 Å². The summed E-state index contributed by atoms with van der Waals surface area (Å²) in [6.07, 6.45) is 2.86. The fourth-order valence-corrected chi connectivity index (χ4v) is 3.45. The average Bonchev–Trinajstić information content (AvgIpc) is 2.66. The van der Waals surface area contributed by atoms with Gasteiger partial charge >= 0.3 is 0 Å². The van der Waals surface area contributed by atoms with Gasteiger partial charge in [0, 0.05) is 11.1 Å². The van der Waals surface area contributed by atoms with Crippen molar-refractivity contribution in [2.45, 2.75) is 24.8 Å². The third kappa shape index (κ3) is 3.31. The Balaban J connectivity index is 1.59. The van der Waals surface area contributed by atoms with E-state index in [1.807, 2.05) is 0 Å². The summed E-state index contributed by atoms with van der Waals surface area (Å²) in [5, 5.41) is 11.6. The number of hydrogen-bond donors (Lipinski definition) is 2. The molecule has 5 nitrogen and oxygen atoms in total. The second-order valence-electron chi connectivity index (χ2n) is 6.93. The number of anilines is 1. The number of benzene rings is 2. The molecule has 0 aliphatic heterocycles. The molecule has 142 valence electrons. The van der Waals surface area contributed by atoms with E-state index in [-0.39, 0.29) is 22.5 Å². The largest absolute Gasteiger partial charge is 0.366 e. The lowest BCUT2D eigenvalue weighted by Gasteiger charge is -2.43. The van der Waals surface area contributed by atoms with E-state index >= 15 is 0 Å². The van der Waals surface area contributed by atoms with Gasteiger partial charge in [-0.3, -0.25) is 4.79 Å². The number of rotatable bonds is 5. The van der Waals surface area contributed by atoms with Crippen molar-refractivity contribution in [3.63, 3.8) is 0 Å². The molecule has 0 unspecified atom stereocenters. The first-order valence-corrected chi connectivity index (χ1v) is 8.95. The molecule has 28 heavy (non-hydrogen) atoms. The monoisotopic (exact) mass is 380 g/mol. The molecule has 0 radical (unpaired) electrons. The number of amides is 1. The maximum atomic E-state index is 14.1. The van der Waals surface area contributed by atoms with Gasteiger partial charge in [0.05, 0.1) is 11.2 Å². The highest BCUT2D eigenvalue weighted by molar-refractivity contribution is 5.94. The Hall–Kier alpha value is -3.35. The molecule has 2 aromatic carbocycles. The molecule has 1 aliphatic carbocycles. The van der Waals surface area contributed by atoms with Gasteiger partial charge in [0.15, 0.2) is 0 Å². The maximum Gasteiger partial charge on any atom is 0.248 e. The van der Waals surface area contributed by atoms with Gasteiger partial charge in [0.2, 0.25) is 5.91 Å². The maximum absolute atomic E-state index is 14.1. The van der Waals surface area contributed by atoms with Gasteiger partial charge in [-0.25, -0.2) is 8.78 Å². The highest BCUT2D eigenvalue weighted by Gasteiger charge is 2.39. The molecule has 7 heteroatoms. The molecule has 1 heterocycles. The van der Waals surface area contributed by atoms with E-state index in [1.54, 1.807) is 24.3 Å². The Labute approximate surface area is 160 Å². The quantitative estimate of drug-likeness (QED) is 0.701. The molecule has 1 saturated carbocycles. The number of nitrogens with one attached hydrogen (secondary N) is 1. The molecule has 0 atom stereocenters. The highest BCUT2D eigenvalue weighted by Crippen LogP contribution is 2.43. The zero-order valence-electron chi connectivity index (χ0n) is 15.0. The fourth-order valence-electron chi connectivity index (χ4n) is 3.45. The van der Waals surface area contributed by atoms with Crippen LogP contribution in [0.3, 0.4) is 0 Å². The van der Waals surface area contributed by atoms with Crippen LogP contribution in [0.1, 0.15) is 35.2 Å². The smallest absolute Gasteiger partial charge is 0.248 e. The molecular weight excluding hydrogens is 362 g/mol. The van der Waals surface area contributed by atoms with E-state index in [4.69, 9.17) is 5.73 Å². The van der Waals surface area contributed by atoms with E-state index in [0.29, 0.717) is 11.5 Å². The minimum absolute atomic E-state index is 0.159. The number of hydrogen-bond acceptors (Lipinski definition) is 4. The van der Waals surface area contributed by atoms with Crippen molar-refractivity contribution in [2.24, 2.45) is 5.73 Å². The topological polar surface area (TPSA) is 80.9 Å². The number of nitrogens with two attached hydrogens (primary N) is 1. The predicted molar refractivity (Wildman–Crippen MR) is 101 cm³/mol. The van der Waals surface area contributed by atoms with Crippen molar-refractivity contribution < 1.29 is 13.6 Å². The molecule has 1 amide bonds. The molecule has 0 saturated heterocycles. The minimum Gasteiger partial charge on any atom is -0.366 e. The van der Waals surface area contributed by atoms with Gasteiger partial charge < -0.3 is 11.1 Å².